The van der Waals surface area contributed by atoms with Crippen LogP contribution in [0.4, 0.5) is 0 Å². The maximum absolute atomic E-state index is 10.7. The van der Waals surface area contributed by atoms with Gasteiger partial charge in [-0.25, -0.2) is 0 Å². The van der Waals surface area contributed by atoms with Crippen LogP contribution in [0.25, 0.3) is 0 Å². The Bertz CT molecular complexity index is 220. The molecule has 12 heavy (non-hydrogen) atoms. The maximum Gasteiger partial charge on any atom is 0.178 e. The van der Waals surface area contributed by atoms with Crippen LogP contribution in [0.15, 0.2) is 24.3 Å². The van der Waals surface area contributed by atoms with E-state index in [0.717, 1.165) is 12.2 Å². The van der Waals surface area contributed by atoms with E-state index in [1.54, 1.807) is 12.1 Å². The minimum Gasteiger partial charge on any atom is -0.494 e. The molecule has 3 nitrogen and oxygen atoms in total. The third-order valence-electron chi connectivity index (χ3n) is 1.44. The summed E-state index contributed by atoms with van der Waals surface area (Å²) in [6.07, 6.45) is 0.832. The Hall–Kier alpha value is -1.22. The quantitative estimate of drug-likeness (QED) is 0.690. The van der Waals surface area contributed by atoms with Gasteiger partial charge in [0.1, 0.15) is 5.75 Å². The number of rotatable bonds is 4. The van der Waals surface area contributed by atoms with Crippen LogP contribution in [0.5, 0.6) is 11.5 Å². The van der Waals surface area contributed by atoms with E-state index in [1.165, 1.54) is 12.1 Å². The Kier molecular flexibility index (Phi) is 3.41. The summed E-state index contributed by atoms with van der Waals surface area (Å²) in [6, 6.07) is 6.30. The van der Waals surface area contributed by atoms with E-state index in [2.05, 4.69) is 0 Å². The molecular formula is C9H12NO2. The van der Waals surface area contributed by atoms with Crippen LogP contribution in [0.1, 0.15) is 6.42 Å². The van der Waals surface area contributed by atoms with Gasteiger partial charge < -0.3 is 10.5 Å². The summed E-state index contributed by atoms with van der Waals surface area (Å²) in [6.45, 7) is 1.23. The predicted molar refractivity (Wildman–Crippen MR) is 45.7 cm³/mol. The summed E-state index contributed by atoms with van der Waals surface area (Å²) in [5.41, 5.74) is 5.29. The van der Waals surface area contributed by atoms with Gasteiger partial charge >= 0.3 is 0 Å². The molecule has 1 aromatic rings. The van der Waals surface area contributed by atoms with Crippen LogP contribution in [-0.2, 0) is 5.11 Å². The Morgan fingerprint density at radius 3 is 2.50 bits per heavy atom. The smallest absolute Gasteiger partial charge is 0.178 e. The highest BCUT2D eigenvalue weighted by molar-refractivity contribution is 5.29. The molecule has 0 heterocycles. The van der Waals surface area contributed by atoms with E-state index in [-0.39, 0.29) is 5.75 Å². The highest BCUT2D eigenvalue weighted by Crippen LogP contribution is 2.16. The summed E-state index contributed by atoms with van der Waals surface area (Å²) in [5.74, 6) is 0.726. The van der Waals surface area contributed by atoms with Crippen LogP contribution in [0.3, 0.4) is 0 Å². The maximum atomic E-state index is 10.7. The van der Waals surface area contributed by atoms with Gasteiger partial charge in [-0.15, -0.1) is 0 Å². The van der Waals surface area contributed by atoms with Crippen molar-refractivity contribution in [1.82, 2.24) is 0 Å². The van der Waals surface area contributed by atoms with Gasteiger partial charge in [-0.3, -0.25) is 5.11 Å². The molecule has 0 atom stereocenters. The van der Waals surface area contributed by atoms with Gasteiger partial charge in [-0.05, 0) is 37.2 Å². The van der Waals surface area contributed by atoms with E-state index in [1.807, 2.05) is 0 Å². The molecule has 0 unspecified atom stereocenters. The first-order chi connectivity index (χ1) is 5.83. The molecule has 0 saturated carbocycles. The SMILES string of the molecule is NCCCOc1ccc([O])cc1. The zero-order chi connectivity index (χ0) is 8.81. The van der Waals surface area contributed by atoms with Crippen molar-refractivity contribution < 1.29 is 9.84 Å². The number of hydrogen-bond donors (Lipinski definition) is 1. The Labute approximate surface area is 71.8 Å². The number of nitrogens with two attached hydrogens (primary N) is 1. The normalized spacial score (nSPS) is 9.75. The van der Waals surface area contributed by atoms with Crippen LogP contribution in [0, 0.1) is 0 Å². The second-order valence-electron chi connectivity index (χ2n) is 2.46. The molecule has 0 aliphatic heterocycles. The lowest BCUT2D eigenvalue weighted by Gasteiger charge is -2.03. The number of benzene rings is 1. The molecule has 0 aromatic heterocycles. The average Bonchev–Trinajstić information content (AvgIpc) is 2.09. The van der Waals surface area contributed by atoms with E-state index >= 15 is 0 Å². The van der Waals surface area contributed by atoms with Crippen molar-refractivity contribution in [1.29, 1.82) is 0 Å². The second kappa shape index (κ2) is 4.62. The van der Waals surface area contributed by atoms with Gasteiger partial charge in [0.05, 0.1) is 6.61 Å². The largest absolute Gasteiger partial charge is 0.494 e. The summed E-state index contributed by atoms with van der Waals surface area (Å²) >= 11 is 0. The standard InChI is InChI=1S/C9H12NO2/c10-6-1-7-12-9-4-2-8(11)3-5-9/h2-5H,1,6-7,10H2. The average molecular weight is 166 g/mol. The third kappa shape index (κ3) is 2.80. The highest BCUT2D eigenvalue weighted by atomic mass is 16.5. The Morgan fingerprint density at radius 2 is 1.92 bits per heavy atom. The lowest BCUT2D eigenvalue weighted by atomic mass is 10.3. The first kappa shape index (κ1) is 8.87. The molecule has 0 spiro atoms. The van der Waals surface area contributed by atoms with E-state index in [0.29, 0.717) is 13.2 Å². The molecule has 1 radical (unpaired) electrons. The molecule has 0 aliphatic carbocycles. The van der Waals surface area contributed by atoms with Gasteiger partial charge in [0.15, 0.2) is 5.75 Å². The molecule has 1 aromatic carbocycles. The molecule has 3 heteroatoms. The minimum absolute atomic E-state index is 0.00109. The lowest BCUT2D eigenvalue weighted by molar-refractivity contribution is 0.311. The summed E-state index contributed by atoms with van der Waals surface area (Å²) < 4.78 is 5.28. The molecule has 65 valence electrons. The van der Waals surface area contributed by atoms with E-state index in [4.69, 9.17) is 10.5 Å². The number of hydrogen-bond acceptors (Lipinski definition) is 2. The van der Waals surface area contributed by atoms with Gasteiger partial charge in [-0.1, -0.05) is 0 Å². The molecule has 1 rings (SSSR count). The molecule has 0 saturated heterocycles. The molecule has 0 amide bonds. The van der Waals surface area contributed by atoms with Crippen LogP contribution >= 0.6 is 0 Å². The van der Waals surface area contributed by atoms with E-state index in [9.17, 15) is 5.11 Å². The Balaban J connectivity index is 2.37. The summed E-state index contributed by atoms with van der Waals surface area (Å²) in [7, 11) is 0. The molecule has 0 bridgehead atoms. The van der Waals surface area contributed by atoms with Crippen molar-refractivity contribution in [3.05, 3.63) is 24.3 Å². The van der Waals surface area contributed by atoms with Gasteiger partial charge in [0, 0.05) is 0 Å². The predicted octanol–water partition coefficient (Wildman–Crippen LogP) is 1.56. The Morgan fingerprint density at radius 1 is 1.25 bits per heavy atom. The summed E-state index contributed by atoms with van der Waals surface area (Å²) in [4.78, 5) is 0. The van der Waals surface area contributed by atoms with Gasteiger partial charge in [0.2, 0.25) is 0 Å². The first-order valence-corrected chi connectivity index (χ1v) is 3.93. The van der Waals surface area contributed by atoms with Crippen molar-refractivity contribution in [3.63, 3.8) is 0 Å². The second-order valence-corrected chi connectivity index (χ2v) is 2.46. The van der Waals surface area contributed by atoms with Gasteiger partial charge in [0.25, 0.3) is 0 Å². The van der Waals surface area contributed by atoms with Crippen molar-refractivity contribution in [2.75, 3.05) is 13.2 Å². The van der Waals surface area contributed by atoms with Gasteiger partial charge in [-0.2, -0.15) is 0 Å². The fourth-order valence-corrected chi connectivity index (χ4v) is 0.809. The first-order valence-electron chi connectivity index (χ1n) is 3.93. The fourth-order valence-electron chi connectivity index (χ4n) is 0.809. The molecule has 0 aliphatic rings. The van der Waals surface area contributed by atoms with Crippen LogP contribution in [-0.4, -0.2) is 13.2 Å². The molecule has 0 fully saturated rings. The highest BCUT2D eigenvalue weighted by Gasteiger charge is 1.93. The van der Waals surface area contributed by atoms with Crippen LogP contribution in [0.2, 0.25) is 0 Å². The van der Waals surface area contributed by atoms with E-state index < -0.39 is 0 Å². The monoisotopic (exact) mass is 166 g/mol. The number of ether oxygens (including phenoxy) is 1. The van der Waals surface area contributed by atoms with Crippen molar-refractivity contribution in [3.8, 4) is 11.5 Å². The zero-order valence-electron chi connectivity index (χ0n) is 6.82. The van der Waals surface area contributed by atoms with Crippen molar-refractivity contribution >= 4 is 0 Å². The fraction of sp³-hybridized carbons (Fsp3) is 0.333. The van der Waals surface area contributed by atoms with Crippen molar-refractivity contribution in [2.45, 2.75) is 6.42 Å². The van der Waals surface area contributed by atoms with Crippen molar-refractivity contribution in [2.24, 2.45) is 5.73 Å². The van der Waals surface area contributed by atoms with Crippen LogP contribution < -0.4 is 10.5 Å². The zero-order valence-corrected chi connectivity index (χ0v) is 6.82. The molecular weight excluding hydrogens is 154 g/mol. The summed E-state index contributed by atoms with van der Waals surface area (Å²) in [5, 5.41) is 10.7. The lowest BCUT2D eigenvalue weighted by Crippen LogP contribution is -2.05. The molecule has 2 N–H and O–H groups in total. The minimum atomic E-state index is 0.00109. The topological polar surface area (TPSA) is 55.1 Å². The third-order valence-corrected chi connectivity index (χ3v) is 1.44.